The third-order valence-electron chi connectivity index (χ3n) is 3.82. The van der Waals surface area contributed by atoms with Crippen molar-refractivity contribution in [2.24, 2.45) is 0 Å². The minimum absolute atomic E-state index is 0.233. The Morgan fingerprint density at radius 1 is 1.26 bits per heavy atom. The summed E-state index contributed by atoms with van der Waals surface area (Å²) in [6.45, 7) is 7.54. The van der Waals surface area contributed by atoms with E-state index in [1.54, 1.807) is 0 Å². The Labute approximate surface area is 116 Å². The molecule has 0 radical (unpaired) electrons. The van der Waals surface area contributed by atoms with Crippen LogP contribution in [0.2, 0.25) is 0 Å². The maximum absolute atomic E-state index is 5.69. The predicted molar refractivity (Wildman–Crippen MR) is 81.1 cm³/mol. The number of nitrogens with zero attached hydrogens (tertiary/aromatic N) is 1. The maximum atomic E-state index is 5.69. The molecule has 0 spiro atoms. The van der Waals surface area contributed by atoms with E-state index in [4.69, 9.17) is 4.74 Å². The number of ether oxygens (including phenoxy) is 1. The van der Waals surface area contributed by atoms with Crippen molar-refractivity contribution in [2.75, 3.05) is 18.5 Å². The van der Waals surface area contributed by atoms with Gasteiger partial charge in [0.1, 0.15) is 5.75 Å². The van der Waals surface area contributed by atoms with Gasteiger partial charge < -0.3 is 15.0 Å². The molecular formula is C16H26N2O. The molecule has 1 heterocycles. The summed E-state index contributed by atoms with van der Waals surface area (Å²) in [6.07, 6.45) is 2.65. The topological polar surface area (TPSA) is 24.5 Å². The number of hydrogen-bond acceptors (Lipinski definition) is 3. The number of piperidine rings is 1. The molecule has 3 nitrogen and oxygen atoms in total. The molecule has 1 N–H and O–H groups in total. The number of hydrogen-bond donors (Lipinski definition) is 1. The van der Waals surface area contributed by atoms with Gasteiger partial charge in [0, 0.05) is 24.3 Å². The summed E-state index contributed by atoms with van der Waals surface area (Å²) in [4.78, 5) is 2.49. The first-order valence-electron chi connectivity index (χ1n) is 7.30. The van der Waals surface area contributed by atoms with E-state index in [0.29, 0.717) is 12.1 Å². The summed E-state index contributed by atoms with van der Waals surface area (Å²) in [6, 6.07) is 9.75. The van der Waals surface area contributed by atoms with Crippen LogP contribution in [0.1, 0.15) is 33.6 Å². The van der Waals surface area contributed by atoms with Gasteiger partial charge in [0.25, 0.3) is 0 Å². The van der Waals surface area contributed by atoms with Gasteiger partial charge in [-0.3, -0.25) is 0 Å². The lowest BCUT2D eigenvalue weighted by atomic mass is 9.98. The van der Waals surface area contributed by atoms with E-state index in [1.165, 1.54) is 18.5 Å². The fourth-order valence-corrected chi connectivity index (χ4v) is 2.81. The van der Waals surface area contributed by atoms with Gasteiger partial charge in [-0.1, -0.05) is 0 Å². The van der Waals surface area contributed by atoms with Crippen LogP contribution in [0.4, 0.5) is 5.69 Å². The molecule has 0 saturated carbocycles. The largest absolute Gasteiger partial charge is 0.491 e. The fraction of sp³-hybridized carbons (Fsp3) is 0.625. The van der Waals surface area contributed by atoms with Gasteiger partial charge in [-0.25, -0.2) is 0 Å². The Morgan fingerprint density at radius 3 is 2.47 bits per heavy atom. The first-order valence-corrected chi connectivity index (χ1v) is 7.30. The highest BCUT2D eigenvalue weighted by Crippen LogP contribution is 2.26. The van der Waals surface area contributed by atoms with Gasteiger partial charge in [0.05, 0.1) is 6.10 Å². The Morgan fingerprint density at radius 2 is 1.95 bits per heavy atom. The monoisotopic (exact) mass is 262 g/mol. The van der Waals surface area contributed by atoms with E-state index in [9.17, 15) is 0 Å². The van der Waals surface area contributed by atoms with Crippen LogP contribution in [-0.4, -0.2) is 31.8 Å². The molecule has 1 fully saturated rings. The quantitative estimate of drug-likeness (QED) is 0.902. The lowest BCUT2D eigenvalue weighted by molar-refractivity contribution is 0.242. The van der Waals surface area contributed by atoms with E-state index >= 15 is 0 Å². The molecule has 0 aromatic heterocycles. The van der Waals surface area contributed by atoms with E-state index in [-0.39, 0.29) is 6.10 Å². The predicted octanol–water partition coefficient (Wildman–Crippen LogP) is 3.05. The van der Waals surface area contributed by atoms with E-state index in [1.807, 2.05) is 0 Å². The third-order valence-corrected chi connectivity index (χ3v) is 3.82. The van der Waals surface area contributed by atoms with E-state index < -0.39 is 0 Å². The summed E-state index contributed by atoms with van der Waals surface area (Å²) < 4.78 is 5.69. The van der Waals surface area contributed by atoms with Gasteiger partial charge >= 0.3 is 0 Å². The van der Waals surface area contributed by atoms with Crippen molar-refractivity contribution in [3.05, 3.63) is 24.3 Å². The SMILES string of the molecule is CNC1CCN(c2ccc(OC(C)C)cc2)C(C)C1. The first kappa shape index (κ1) is 14.2. The van der Waals surface area contributed by atoms with Crippen molar-refractivity contribution in [1.82, 2.24) is 5.32 Å². The lowest BCUT2D eigenvalue weighted by Gasteiger charge is -2.39. The smallest absolute Gasteiger partial charge is 0.119 e. The lowest BCUT2D eigenvalue weighted by Crippen LogP contribution is -2.46. The summed E-state index contributed by atoms with van der Waals surface area (Å²) in [5.74, 6) is 0.955. The average molecular weight is 262 g/mol. The molecule has 1 aliphatic heterocycles. The van der Waals surface area contributed by atoms with Crippen molar-refractivity contribution in [3.63, 3.8) is 0 Å². The molecular weight excluding hydrogens is 236 g/mol. The highest BCUT2D eigenvalue weighted by Gasteiger charge is 2.24. The van der Waals surface area contributed by atoms with Crippen LogP contribution in [0.25, 0.3) is 0 Å². The molecule has 1 saturated heterocycles. The molecule has 2 rings (SSSR count). The summed E-state index contributed by atoms with van der Waals surface area (Å²) in [5, 5.41) is 3.39. The minimum Gasteiger partial charge on any atom is -0.491 e. The van der Waals surface area contributed by atoms with Crippen molar-refractivity contribution in [2.45, 2.75) is 51.8 Å². The molecule has 0 amide bonds. The second-order valence-corrected chi connectivity index (χ2v) is 5.71. The zero-order valence-corrected chi connectivity index (χ0v) is 12.5. The highest BCUT2D eigenvalue weighted by atomic mass is 16.5. The standard InChI is InChI=1S/C16H26N2O/c1-12(2)19-16-7-5-15(6-8-16)18-10-9-14(17-4)11-13(18)3/h5-8,12-14,17H,9-11H2,1-4H3. The molecule has 1 aromatic rings. The van der Waals surface area contributed by atoms with Gasteiger partial charge in [-0.2, -0.15) is 0 Å². The van der Waals surface area contributed by atoms with Crippen molar-refractivity contribution >= 4 is 5.69 Å². The van der Waals surface area contributed by atoms with Gasteiger partial charge in [-0.15, -0.1) is 0 Å². The molecule has 0 aliphatic carbocycles. The van der Waals surface area contributed by atoms with Crippen LogP contribution in [-0.2, 0) is 0 Å². The summed E-state index contributed by atoms with van der Waals surface area (Å²) in [7, 11) is 2.06. The Hall–Kier alpha value is -1.22. The van der Waals surface area contributed by atoms with E-state index in [0.717, 1.165) is 12.3 Å². The van der Waals surface area contributed by atoms with Gasteiger partial charge in [-0.05, 0) is 64.9 Å². The molecule has 1 aliphatic rings. The van der Waals surface area contributed by atoms with Crippen LogP contribution in [0.15, 0.2) is 24.3 Å². The highest BCUT2D eigenvalue weighted by molar-refractivity contribution is 5.50. The van der Waals surface area contributed by atoms with Crippen LogP contribution in [0.3, 0.4) is 0 Å². The number of benzene rings is 1. The average Bonchev–Trinajstić information content (AvgIpc) is 2.39. The normalized spacial score (nSPS) is 23.7. The van der Waals surface area contributed by atoms with Crippen LogP contribution < -0.4 is 15.0 Å². The van der Waals surface area contributed by atoms with E-state index in [2.05, 4.69) is 62.3 Å². The van der Waals surface area contributed by atoms with Gasteiger partial charge in [0.15, 0.2) is 0 Å². The van der Waals surface area contributed by atoms with Crippen molar-refractivity contribution < 1.29 is 4.74 Å². The second-order valence-electron chi connectivity index (χ2n) is 5.71. The summed E-state index contributed by atoms with van der Waals surface area (Å²) >= 11 is 0. The number of rotatable bonds is 4. The number of anilines is 1. The van der Waals surface area contributed by atoms with Crippen LogP contribution in [0.5, 0.6) is 5.75 Å². The third kappa shape index (κ3) is 3.63. The first-order chi connectivity index (χ1) is 9.10. The Balaban J connectivity index is 2.02. The molecule has 3 heteroatoms. The molecule has 19 heavy (non-hydrogen) atoms. The van der Waals surface area contributed by atoms with Crippen molar-refractivity contribution in [1.29, 1.82) is 0 Å². The molecule has 0 bridgehead atoms. The fourth-order valence-electron chi connectivity index (χ4n) is 2.81. The number of nitrogens with one attached hydrogen (secondary N) is 1. The Bertz CT molecular complexity index is 388. The maximum Gasteiger partial charge on any atom is 0.119 e. The molecule has 2 atom stereocenters. The van der Waals surface area contributed by atoms with Crippen LogP contribution in [0, 0.1) is 0 Å². The minimum atomic E-state index is 0.233. The van der Waals surface area contributed by atoms with Crippen molar-refractivity contribution in [3.8, 4) is 5.75 Å². The zero-order chi connectivity index (χ0) is 13.8. The zero-order valence-electron chi connectivity index (χ0n) is 12.5. The summed E-state index contributed by atoms with van der Waals surface area (Å²) in [5.41, 5.74) is 1.30. The molecule has 1 aromatic carbocycles. The molecule has 2 unspecified atom stereocenters. The van der Waals surface area contributed by atoms with Crippen LogP contribution >= 0.6 is 0 Å². The molecule has 106 valence electrons. The van der Waals surface area contributed by atoms with Gasteiger partial charge in [0.2, 0.25) is 0 Å². The second kappa shape index (κ2) is 6.29. The Kier molecular flexibility index (Phi) is 4.70.